The van der Waals surface area contributed by atoms with E-state index >= 15 is 0 Å². The van der Waals surface area contributed by atoms with Gasteiger partial charge < -0.3 is 15.2 Å². The fourth-order valence-electron chi connectivity index (χ4n) is 3.39. The third-order valence-corrected chi connectivity index (χ3v) is 5.75. The van der Waals surface area contributed by atoms with Crippen LogP contribution in [-0.2, 0) is 5.54 Å². The van der Waals surface area contributed by atoms with Crippen molar-refractivity contribution in [1.29, 1.82) is 0 Å². The molecule has 2 fully saturated rings. The lowest BCUT2D eigenvalue weighted by molar-refractivity contribution is 0.197. The monoisotopic (exact) mass is 337 g/mol. The average Bonchev–Trinajstić information content (AvgIpc) is 3.12. The molecule has 4 rings (SSSR count). The molecule has 1 aliphatic heterocycles. The minimum atomic E-state index is -0.208. The number of fused-ring (bicyclic) bond motifs is 1. The van der Waals surface area contributed by atoms with Crippen molar-refractivity contribution in [3.05, 3.63) is 22.2 Å². The van der Waals surface area contributed by atoms with Crippen LogP contribution in [0.3, 0.4) is 0 Å². The van der Waals surface area contributed by atoms with Crippen LogP contribution in [0.1, 0.15) is 44.1 Å². The number of hydrogen-bond donors (Lipinski definition) is 1. The van der Waals surface area contributed by atoms with Crippen molar-refractivity contribution in [1.82, 2.24) is 0 Å². The summed E-state index contributed by atoms with van der Waals surface area (Å²) in [4.78, 5) is 0. The average molecular weight is 338 g/mol. The topological polar surface area (TPSA) is 44.5 Å². The van der Waals surface area contributed by atoms with Gasteiger partial charge >= 0.3 is 0 Å². The first-order valence-corrected chi connectivity index (χ1v) is 8.28. The van der Waals surface area contributed by atoms with Crippen molar-refractivity contribution in [2.75, 3.05) is 13.2 Å². The smallest absolute Gasteiger partial charge is 0.162 e. The Morgan fingerprint density at radius 3 is 2.15 bits per heavy atom. The summed E-state index contributed by atoms with van der Waals surface area (Å²) in [5, 5.41) is 0. The molecule has 2 aliphatic carbocycles. The minimum Gasteiger partial charge on any atom is -0.489 e. The molecule has 2 N–H and O–H groups in total. The maximum Gasteiger partial charge on any atom is 0.162 e. The molecular weight excluding hydrogens is 318 g/mol. The van der Waals surface area contributed by atoms with E-state index in [0.29, 0.717) is 0 Å². The lowest BCUT2D eigenvalue weighted by Gasteiger charge is -2.26. The highest BCUT2D eigenvalue weighted by molar-refractivity contribution is 9.10. The molecule has 1 aromatic rings. The van der Waals surface area contributed by atoms with Crippen LogP contribution in [0.4, 0.5) is 0 Å². The fourth-order valence-corrected chi connectivity index (χ4v) is 4.10. The van der Waals surface area contributed by atoms with Crippen LogP contribution in [-0.4, -0.2) is 13.2 Å². The second kappa shape index (κ2) is 4.38. The zero-order chi connectivity index (χ0) is 13.8. The Hall–Kier alpha value is -0.740. The Labute approximate surface area is 127 Å². The largest absolute Gasteiger partial charge is 0.489 e. The molecule has 0 unspecified atom stereocenters. The van der Waals surface area contributed by atoms with Gasteiger partial charge in [0.15, 0.2) is 11.5 Å². The predicted octanol–water partition coefficient (Wildman–Crippen LogP) is 3.73. The molecule has 20 heavy (non-hydrogen) atoms. The maximum atomic E-state index is 6.59. The van der Waals surface area contributed by atoms with Crippen LogP contribution in [0.25, 0.3) is 0 Å². The third kappa shape index (κ3) is 2.04. The SMILES string of the molecule is NC1(c2cc3c(cc2Br)OCC2(CC2)CO3)CCCC1. The van der Waals surface area contributed by atoms with Gasteiger partial charge in [-0.2, -0.15) is 0 Å². The lowest BCUT2D eigenvalue weighted by Crippen LogP contribution is -2.33. The highest BCUT2D eigenvalue weighted by Gasteiger charge is 2.46. The summed E-state index contributed by atoms with van der Waals surface area (Å²) >= 11 is 3.67. The van der Waals surface area contributed by atoms with Gasteiger partial charge in [0.2, 0.25) is 0 Å². The first-order valence-electron chi connectivity index (χ1n) is 7.49. The number of benzene rings is 1. The molecule has 0 amide bonds. The van der Waals surface area contributed by atoms with Crippen LogP contribution in [0.2, 0.25) is 0 Å². The molecule has 108 valence electrons. The summed E-state index contributed by atoms with van der Waals surface area (Å²) < 4.78 is 13.0. The molecule has 0 bridgehead atoms. The van der Waals surface area contributed by atoms with Crippen molar-refractivity contribution in [2.24, 2.45) is 11.1 Å². The Bertz CT molecular complexity index is 548. The predicted molar refractivity (Wildman–Crippen MR) is 81.1 cm³/mol. The van der Waals surface area contributed by atoms with Crippen LogP contribution < -0.4 is 15.2 Å². The van der Waals surface area contributed by atoms with E-state index in [9.17, 15) is 0 Å². The number of halogens is 1. The second-order valence-electron chi connectivity index (χ2n) is 6.72. The zero-order valence-corrected chi connectivity index (χ0v) is 13.2. The Kier molecular flexibility index (Phi) is 2.84. The number of hydrogen-bond acceptors (Lipinski definition) is 3. The van der Waals surface area contributed by atoms with Gasteiger partial charge in [0.1, 0.15) is 0 Å². The van der Waals surface area contributed by atoms with Gasteiger partial charge in [-0.15, -0.1) is 0 Å². The molecule has 3 aliphatic rings. The molecule has 2 saturated carbocycles. The highest BCUT2D eigenvalue weighted by atomic mass is 79.9. The second-order valence-corrected chi connectivity index (χ2v) is 7.57. The van der Waals surface area contributed by atoms with Gasteiger partial charge in [0, 0.05) is 15.4 Å². The van der Waals surface area contributed by atoms with Crippen molar-refractivity contribution in [3.8, 4) is 11.5 Å². The standard InChI is InChI=1S/C16H20BrNO2/c17-12-8-14-13(19-9-15(5-6-15)10-20-14)7-11(12)16(18)3-1-2-4-16/h7-8H,1-6,9-10,18H2. The summed E-state index contributed by atoms with van der Waals surface area (Å²) in [6, 6.07) is 4.14. The zero-order valence-electron chi connectivity index (χ0n) is 11.6. The van der Waals surface area contributed by atoms with E-state index in [1.165, 1.54) is 31.2 Å². The molecule has 0 aromatic heterocycles. The molecule has 4 heteroatoms. The van der Waals surface area contributed by atoms with Crippen LogP contribution >= 0.6 is 15.9 Å². The first-order chi connectivity index (χ1) is 9.60. The molecule has 1 heterocycles. The van der Waals surface area contributed by atoms with Crippen molar-refractivity contribution < 1.29 is 9.47 Å². The maximum absolute atomic E-state index is 6.59. The number of nitrogens with two attached hydrogens (primary N) is 1. The highest BCUT2D eigenvalue weighted by Crippen LogP contribution is 2.50. The fraction of sp³-hybridized carbons (Fsp3) is 0.625. The molecular formula is C16H20BrNO2. The number of rotatable bonds is 1. The first kappa shape index (κ1) is 13.0. The Morgan fingerprint density at radius 2 is 1.55 bits per heavy atom. The Morgan fingerprint density at radius 1 is 0.950 bits per heavy atom. The van der Waals surface area contributed by atoms with Crippen LogP contribution in [0, 0.1) is 5.41 Å². The van der Waals surface area contributed by atoms with Crippen LogP contribution in [0.15, 0.2) is 16.6 Å². The molecule has 0 radical (unpaired) electrons. The third-order valence-electron chi connectivity index (χ3n) is 5.09. The van der Waals surface area contributed by atoms with E-state index in [4.69, 9.17) is 15.2 Å². The van der Waals surface area contributed by atoms with E-state index < -0.39 is 0 Å². The van der Waals surface area contributed by atoms with Gasteiger partial charge in [0.05, 0.1) is 13.2 Å². The van der Waals surface area contributed by atoms with Crippen molar-refractivity contribution >= 4 is 15.9 Å². The molecule has 1 aromatic carbocycles. The van der Waals surface area contributed by atoms with E-state index in [0.717, 1.165) is 42.0 Å². The van der Waals surface area contributed by atoms with Crippen molar-refractivity contribution in [3.63, 3.8) is 0 Å². The van der Waals surface area contributed by atoms with Gasteiger partial charge in [0.25, 0.3) is 0 Å². The quantitative estimate of drug-likeness (QED) is 0.849. The van der Waals surface area contributed by atoms with E-state index in [1.54, 1.807) is 0 Å². The van der Waals surface area contributed by atoms with Crippen molar-refractivity contribution in [2.45, 2.75) is 44.1 Å². The summed E-state index contributed by atoms with van der Waals surface area (Å²) in [5.41, 5.74) is 7.83. The normalized spacial score (nSPS) is 25.5. The van der Waals surface area contributed by atoms with Crippen LogP contribution in [0.5, 0.6) is 11.5 Å². The number of ether oxygens (including phenoxy) is 2. The van der Waals surface area contributed by atoms with Gasteiger partial charge in [-0.05, 0) is 43.4 Å². The van der Waals surface area contributed by atoms with E-state index in [1.807, 2.05) is 6.07 Å². The van der Waals surface area contributed by atoms with Gasteiger partial charge in [-0.3, -0.25) is 0 Å². The Balaban J connectivity index is 1.71. The molecule has 3 nitrogen and oxygen atoms in total. The summed E-state index contributed by atoms with van der Waals surface area (Å²) in [7, 11) is 0. The van der Waals surface area contributed by atoms with Gasteiger partial charge in [-0.25, -0.2) is 0 Å². The van der Waals surface area contributed by atoms with E-state index in [-0.39, 0.29) is 11.0 Å². The molecule has 0 saturated heterocycles. The summed E-state index contributed by atoms with van der Waals surface area (Å²) in [5.74, 6) is 1.72. The summed E-state index contributed by atoms with van der Waals surface area (Å²) in [6.07, 6.45) is 6.96. The van der Waals surface area contributed by atoms with Gasteiger partial charge in [-0.1, -0.05) is 28.8 Å². The molecule has 1 spiro atoms. The molecule has 0 atom stereocenters. The lowest BCUT2D eigenvalue weighted by atomic mass is 9.89. The van der Waals surface area contributed by atoms with E-state index in [2.05, 4.69) is 22.0 Å². The minimum absolute atomic E-state index is 0.208. The summed E-state index contributed by atoms with van der Waals surface area (Å²) in [6.45, 7) is 1.55.